The van der Waals surface area contributed by atoms with Crippen LogP contribution < -0.4 is 5.73 Å². The Bertz CT molecular complexity index is 399. The van der Waals surface area contributed by atoms with Crippen LogP contribution in [0.1, 0.15) is 35.7 Å². The summed E-state index contributed by atoms with van der Waals surface area (Å²) in [6.45, 7) is 1.74. The van der Waals surface area contributed by atoms with Gasteiger partial charge >= 0.3 is 6.18 Å². The van der Waals surface area contributed by atoms with Gasteiger partial charge in [0.05, 0.1) is 5.56 Å². The van der Waals surface area contributed by atoms with Crippen molar-refractivity contribution in [1.82, 2.24) is 0 Å². The molecule has 0 unspecified atom stereocenters. The fourth-order valence-electron chi connectivity index (χ4n) is 1.40. The lowest BCUT2D eigenvalue weighted by Gasteiger charge is -2.12. The van der Waals surface area contributed by atoms with E-state index >= 15 is 0 Å². The Balaban J connectivity index is 3.23. The molecule has 0 aliphatic carbocycles. The molecule has 0 heterocycles. The molecule has 0 fully saturated rings. The summed E-state index contributed by atoms with van der Waals surface area (Å²) in [6, 6.07) is 3.23. The number of benzene rings is 1. The molecule has 0 spiro atoms. The number of alkyl halides is 3. The van der Waals surface area contributed by atoms with E-state index in [4.69, 9.17) is 5.73 Å². The number of nitrogens with two attached hydrogens (primary N) is 1. The number of carbonyl (C=O) groups is 1. The molecule has 0 radical (unpaired) electrons. The molecule has 0 aliphatic rings. The highest BCUT2D eigenvalue weighted by Gasteiger charge is 2.34. The lowest BCUT2D eigenvalue weighted by atomic mass is 10.00. The highest BCUT2D eigenvalue weighted by atomic mass is 19.4. The minimum atomic E-state index is -4.55. The first kappa shape index (κ1) is 12.5. The molecule has 2 nitrogen and oxygen atoms in total. The largest absolute Gasteiger partial charge is 0.417 e. The van der Waals surface area contributed by atoms with Crippen LogP contribution in [0.25, 0.3) is 0 Å². The normalized spacial score (nSPS) is 11.5. The summed E-state index contributed by atoms with van der Waals surface area (Å²) in [7, 11) is 0. The van der Waals surface area contributed by atoms with Gasteiger partial charge in [-0.25, -0.2) is 0 Å². The van der Waals surface area contributed by atoms with Gasteiger partial charge < -0.3 is 5.73 Å². The average molecular weight is 231 g/mol. The Labute approximate surface area is 91.3 Å². The van der Waals surface area contributed by atoms with E-state index in [1.807, 2.05) is 0 Å². The van der Waals surface area contributed by atoms with E-state index in [1.54, 1.807) is 6.92 Å². The van der Waals surface area contributed by atoms with Crippen molar-refractivity contribution in [1.29, 1.82) is 0 Å². The quantitative estimate of drug-likeness (QED) is 0.640. The van der Waals surface area contributed by atoms with Crippen LogP contribution in [0, 0.1) is 0 Å². The Kier molecular flexibility index (Phi) is 3.57. The Morgan fingerprint density at radius 1 is 1.38 bits per heavy atom. The smallest absolute Gasteiger partial charge is 0.399 e. The maximum absolute atomic E-state index is 12.6. The lowest BCUT2D eigenvalue weighted by Crippen LogP contribution is -2.13. The summed E-state index contributed by atoms with van der Waals surface area (Å²) in [6.07, 6.45) is -3.93. The SMILES string of the molecule is CCCC(=O)c1ccc(N)cc1C(F)(F)F. The zero-order valence-corrected chi connectivity index (χ0v) is 8.77. The number of anilines is 1. The summed E-state index contributed by atoms with van der Waals surface area (Å²) in [5.41, 5.74) is 4.03. The molecule has 0 aromatic heterocycles. The Morgan fingerprint density at radius 3 is 2.50 bits per heavy atom. The molecule has 88 valence electrons. The molecule has 1 aromatic rings. The van der Waals surface area contributed by atoms with Crippen LogP contribution >= 0.6 is 0 Å². The third kappa shape index (κ3) is 2.74. The number of carbonyl (C=O) groups excluding carboxylic acids is 1. The number of rotatable bonds is 3. The van der Waals surface area contributed by atoms with Gasteiger partial charge in [0.2, 0.25) is 0 Å². The van der Waals surface area contributed by atoms with Crippen molar-refractivity contribution < 1.29 is 18.0 Å². The second-order valence-corrected chi connectivity index (χ2v) is 3.48. The second-order valence-electron chi connectivity index (χ2n) is 3.48. The number of ketones is 1. The molecule has 1 rings (SSSR count). The standard InChI is InChI=1S/C11H12F3NO/c1-2-3-10(16)8-5-4-7(15)6-9(8)11(12,13)14/h4-6H,2-3,15H2,1H3. The van der Waals surface area contributed by atoms with Gasteiger partial charge in [-0.1, -0.05) is 6.92 Å². The van der Waals surface area contributed by atoms with Crippen molar-refractivity contribution in [2.24, 2.45) is 0 Å². The van der Waals surface area contributed by atoms with Crippen molar-refractivity contribution in [3.05, 3.63) is 29.3 Å². The minimum absolute atomic E-state index is 0.000346. The first-order chi connectivity index (χ1) is 7.36. The highest BCUT2D eigenvalue weighted by Crippen LogP contribution is 2.33. The number of hydrogen-bond donors (Lipinski definition) is 1. The Morgan fingerprint density at radius 2 is 2.00 bits per heavy atom. The monoisotopic (exact) mass is 231 g/mol. The molecule has 0 atom stereocenters. The maximum Gasteiger partial charge on any atom is 0.417 e. The summed E-state index contributed by atoms with van der Waals surface area (Å²) in [4.78, 5) is 11.5. The molecule has 16 heavy (non-hydrogen) atoms. The maximum atomic E-state index is 12.6. The second kappa shape index (κ2) is 4.55. The van der Waals surface area contributed by atoms with E-state index in [-0.39, 0.29) is 17.7 Å². The van der Waals surface area contributed by atoms with Crippen LogP contribution in [-0.2, 0) is 6.18 Å². The van der Waals surface area contributed by atoms with E-state index in [0.717, 1.165) is 12.1 Å². The van der Waals surface area contributed by atoms with Crippen LogP contribution in [0.15, 0.2) is 18.2 Å². The van der Waals surface area contributed by atoms with Gasteiger partial charge in [-0.3, -0.25) is 4.79 Å². The van der Waals surface area contributed by atoms with Crippen LogP contribution in [0.5, 0.6) is 0 Å². The van der Waals surface area contributed by atoms with Gasteiger partial charge in [0.1, 0.15) is 0 Å². The van der Waals surface area contributed by atoms with Gasteiger partial charge in [0.25, 0.3) is 0 Å². The first-order valence-electron chi connectivity index (χ1n) is 4.86. The van der Waals surface area contributed by atoms with Crippen LogP contribution in [-0.4, -0.2) is 5.78 Å². The average Bonchev–Trinajstić information content (AvgIpc) is 2.16. The van der Waals surface area contributed by atoms with E-state index < -0.39 is 17.5 Å². The zero-order chi connectivity index (χ0) is 12.3. The summed E-state index contributed by atoms with van der Waals surface area (Å²) in [5.74, 6) is -0.505. The topological polar surface area (TPSA) is 43.1 Å². The third-order valence-electron chi connectivity index (χ3n) is 2.13. The molecule has 0 amide bonds. The zero-order valence-electron chi connectivity index (χ0n) is 8.77. The fraction of sp³-hybridized carbons (Fsp3) is 0.364. The molecule has 5 heteroatoms. The number of halogens is 3. The summed E-state index contributed by atoms with van der Waals surface area (Å²) < 4.78 is 37.9. The molecule has 2 N–H and O–H groups in total. The van der Waals surface area contributed by atoms with Crippen molar-refractivity contribution >= 4 is 11.5 Å². The molecule has 0 saturated carbocycles. The van der Waals surface area contributed by atoms with Gasteiger partial charge in [-0.15, -0.1) is 0 Å². The Hall–Kier alpha value is -1.52. The van der Waals surface area contributed by atoms with Crippen molar-refractivity contribution in [3.63, 3.8) is 0 Å². The number of Topliss-reactive ketones (excluding diaryl/α,β-unsaturated/α-hetero) is 1. The predicted molar refractivity (Wildman–Crippen MR) is 55.1 cm³/mol. The van der Waals surface area contributed by atoms with Gasteiger partial charge in [0.15, 0.2) is 5.78 Å². The van der Waals surface area contributed by atoms with Crippen molar-refractivity contribution in [3.8, 4) is 0 Å². The predicted octanol–water partition coefficient (Wildman–Crippen LogP) is 3.27. The van der Waals surface area contributed by atoms with Crippen LogP contribution in [0.3, 0.4) is 0 Å². The molecule has 0 bridgehead atoms. The van der Waals surface area contributed by atoms with Gasteiger partial charge in [-0.05, 0) is 24.6 Å². The van der Waals surface area contributed by atoms with E-state index in [0.29, 0.717) is 6.42 Å². The minimum Gasteiger partial charge on any atom is -0.399 e. The van der Waals surface area contributed by atoms with Gasteiger partial charge in [0, 0.05) is 17.7 Å². The van der Waals surface area contributed by atoms with Crippen LogP contribution in [0.2, 0.25) is 0 Å². The molecule has 0 aliphatic heterocycles. The van der Waals surface area contributed by atoms with Gasteiger partial charge in [-0.2, -0.15) is 13.2 Å². The lowest BCUT2D eigenvalue weighted by molar-refractivity contribution is -0.137. The number of hydrogen-bond acceptors (Lipinski definition) is 2. The van der Waals surface area contributed by atoms with Crippen molar-refractivity contribution in [2.45, 2.75) is 25.9 Å². The molecular weight excluding hydrogens is 219 g/mol. The molecule has 1 aromatic carbocycles. The van der Waals surface area contributed by atoms with E-state index in [2.05, 4.69) is 0 Å². The third-order valence-corrected chi connectivity index (χ3v) is 2.13. The first-order valence-corrected chi connectivity index (χ1v) is 4.86. The fourth-order valence-corrected chi connectivity index (χ4v) is 1.40. The number of nitrogen functional groups attached to an aromatic ring is 1. The molecule has 0 saturated heterocycles. The highest BCUT2D eigenvalue weighted by molar-refractivity contribution is 5.98. The summed E-state index contributed by atoms with van der Waals surface area (Å²) in [5, 5.41) is 0. The van der Waals surface area contributed by atoms with Crippen LogP contribution in [0.4, 0.5) is 18.9 Å². The summed E-state index contributed by atoms with van der Waals surface area (Å²) >= 11 is 0. The molecular formula is C11H12F3NO. The van der Waals surface area contributed by atoms with Crippen molar-refractivity contribution in [2.75, 3.05) is 5.73 Å². The van der Waals surface area contributed by atoms with E-state index in [9.17, 15) is 18.0 Å². The van der Waals surface area contributed by atoms with E-state index in [1.165, 1.54) is 6.07 Å².